The molecule has 0 saturated heterocycles. The van der Waals surface area contributed by atoms with E-state index in [1.165, 1.54) is 35.2 Å². The number of benzene rings is 4. The Bertz CT molecular complexity index is 1770. The molecule has 2 unspecified atom stereocenters. The topological polar surface area (TPSA) is 86.8 Å². The van der Waals surface area contributed by atoms with E-state index in [9.17, 15) is 31.2 Å². The summed E-state index contributed by atoms with van der Waals surface area (Å²) in [6, 6.07) is 25.2. The number of nitrogens with zero attached hydrogens (tertiary/aromatic N) is 2. The van der Waals surface area contributed by atoms with Gasteiger partial charge in [0.05, 0.1) is 16.1 Å². The summed E-state index contributed by atoms with van der Waals surface area (Å²) in [5.41, 5.74) is -0.217. The molecule has 0 heterocycles. The molecule has 47 heavy (non-hydrogen) atoms. The van der Waals surface area contributed by atoms with Gasteiger partial charge in [0, 0.05) is 24.0 Å². The zero-order valence-corrected chi connectivity index (χ0v) is 27.4. The Morgan fingerprint density at radius 2 is 1.49 bits per heavy atom. The standard InChI is InChI=1S/C35H35ClF3N3O4S/c1-3-25(2)40-34(44)32(21-26-13-6-4-7-14-26)41(23-27-15-10-11-20-31(27)36)33(43)24-42(47(45,46)30-18-8-5-9-19-30)29-17-12-16-28(22-29)35(37,38)39/h4-20,22,25,32H,3,21,23-24H2,1-2H3,(H,40,44). The summed E-state index contributed by atoms with van der Waals surface area (Å²) in [6.07, 6.45) is -4.08. The highest BCUT2D eigenvalue weighted by Crippen LogP contribution is 2.33. The van der Waals surface area contributed by atoms with Gasteiger partial charge in [0.25, 0.3) is 10.0 Å². The maximum atomic E-state index is 14.5. The van der Waals surface area contributed by atoms with E-state index in [0.717, 1.165) is 17.7 Å². The molecular formula is C35H35ClF3N3O4S. The highest BCUT2D eigenvalue weighted by Gasteiger charge is 2.36. The fourth-order valence-electron chi connectivity index (χ4n) is 4.89. The molecule has 0 aliphatic rings. The molecule has 1 N–H and O–H groups in total. The number of hydrogen-bond donors (Lipinski definition) is 1. The summed E-state index contributed by atoms with van der Waals surface area (Å²) in [5, 5.41) is 3.25. The Kier molecular flexibility index (Phi) is 11.7. The third-order valence-corrected chi connectivity index (χ3v) is 9.80. The van der Waals surface area contributed by atoms with Gasteiger partial charge in [-0.3, -0.25) is 13.9 Å². The van der Waals surface area contributed by atoms with Crippen molar-refractivity contribution in [3.05, 3.63) is 131 Å². The number of hydrogen-bond acceptors (Lipinski definition) is 4. The van der Waals surface area contributed by atoms with Crippen LogP contribution in [0.5, 0.6) is 0 Å². The van der Waals surface area contributed by atoms with Gasteiger partial charge < -0.3 is 10.2 Å². The van der Waals surface area contributed by atoms with E-state index in [4.69, 9.17) is 11.6 Å². The minimum absolute atomic E-state index is 0.0777. The molecule has 2 atom stereocenters. The van der Waals surface area contributed by atoms with Crippen LogP contribution >= 0.6 is 11.6 Å². The summed E-state index contributed by atoms with van der Waals surface area (Å²) in [4.78, 5) is 29.4. The fourth-order valence-corrected chi connectivity index (χ4v) is 6.51. The highest BCUT2D eigenvalue weighted by molar-refractivity contribution is 7.92. The number of carbonyl (C=O) groups is 2. The number of alkyl halides is 3. The monoisotopic (exact) mass is 685 g/mol. The molecule has 0 saturated carbocycles. The van der Waals surface area contributed by atoms with Crippen molar-refractivity contribution in [2.75, 3.05) is 10.8 Å². The van der Waals surface area contributed by atoms with Gasteiger partial charge >= 0.3 is 6.18 Å². The van der Waals surface area contributed by atoms with Crippen LogP contribution < -0.4 is 9.62 Å². The van der Waals surface area contributed by atoms with Crippen molar-refractivity contribution in [2.45, 2.75) is 56.4 Å². The zero-order valence-electron chi connectivity index (χ0n) is 25.8. The van der Waals surface area contributed by atoms with E-state index >= 15 is 0 Å². The largest absolute Gasteiger partial charge is 0.416 e. The van der Waals surface area contributed by atoms with Crippen LogP contribution in [0.3, 0.4) is 0 Å². The van der Waals surface area contributed by atoms with Crippen molar-refractivity contribution in [1.82, 2.24) is 10.2 Å². The molecule has 4 aromatic carbocycles. The van der Waals surface area contributed by atoms with Crippen LogP contribution in [0.15, 0.2) is 114 Å². The first-order valence-corrected chi connectivity index (χ1v) is 16.7. The molecule has 0 spiro atoms. The van der Waals surface area contributed by atoms with Gasteiger partial charge in [0.15, 0.2) is 0 Å². The van der Waals surface area contributed by atoms with Crippen LogP contribution in [0, 0.1) is 0 Å². The molecule has 4 aromatic rings. The van der Waals surface area contributed by atoms with Crippen molar-refractivity contribution in [3.8, 4) is 0 Å². The number of rotatable bonds is 13. The third kappa shape index (κ3) is 9.14. The molecule has 0 aliphatic carbocycles. The normalized spacial score (nSPS) is 13.0. The van der Waals surface area contributed by atoms with Crippen LogP contribution in [0.2, 0.25) is 5.02 Å². The van der Waals surface area contributed by atoms with E-state index in [-0.39, 0.29) is 29.6 Å². The minimum Gasteiger partial charge on any atom is -0.352 e. The minimum atomic E-state index is -4.77. The summed E-state index contributed by atoms with van der Waals surface area (Å²) in [5.74, 6) is -1.29. The first kappa shape index (κ1) is 35.5. The van der Waals surface area contributed by atoms with Crippen molar-refractivity contribution in [2.24, 2.45) is 0 Å². The molecule has 4 rings (SSSR count). The number of carbonyl (C=O) groups excluding carboxylic acids is 2. The van der Waals surface area contributed by atoms with E-state index < -0.39 is 46.2 Å². The van der Waals surface area contributed by atoms with Gasteiger partial charge in [-0.2, -0.15) is 13.2 Å². The first-order valence-electron chi connectivity index (χ1n) is 14.9. The Labute approximate surface area is 278 Å². The lowest BCUT2D eigenvalue weighted by Gasteiger charge is -2.34. The number of halogens is 4. The zero-order chi connectivity index (χ0) is 34.2. The predicted octanol–water partition coefficient (Wildman–Crippen LogP) is 7.11. The molecule has 248 valence electrons. The van der Waals surface area contributed by atoms with Crippen LogP contribution in [0.4, 0.5) is 18.9 Å². The Morgan fingerprint density at radius 1 is 0.872 bits per heavy atom. The van der Waals surface area contributed by atoms with Crippen LogP contribution in [-0.2, 0) is 38.8 Å². The smallest absolute Gasteiger partial charge is 0.352 e. The van der Waals surface area contributed by atoms with Crippen LogP contribution in [-0.4, -0.2) is 43.8 Å². The van der Waals surface area contributed by atoms with E-state index in [1.807, 2.05) is 19.9 Å². The number of amides is 2. The van der Waals surface area contributed by atoms with E-state index in [0.29, 0.717) is 27.4 Å². The maximum Gasteiger partial charge on any atom is 0.416 e. The van der Waals surface area contributed by atoms with E-state index in [2.05, 4.69) is 5.32 Å². The fraction of sp³-hybridized carbons (Fsp3) is 0.257. The van der Waals surface area contributed by atoms with Gasteiger partial charge in [0.1, 0.15) is 12.6 Å². The second-order valence-corrected chi connectivity index (χ2v) is 13.3. The van der Waals surface area contributed by atoms with Crippen LogP contribution in [0.25, 0.3) is 0 Å². The summed E-state index contributed by atoms with van der Waals surface area (Å²) in [6.45, 7) is 2.64. The maximum absolute atomic E-state index is 14.5. The van der Waals surface area contributed by atoms with Gasteiger partial charge in [-0.15, -0.1) is 0 Å². The average molecular weight is 686 g/mol. The SMILES string of the molecule is CCC(C)NC(=O)C(Cc1ccccc1)N(Cc1ccccc1Cl)C(=O)CN(c1cccc(C(F)(F)F)c1)S(=O)(=O)c1ccccc1. The lowest BCUT2D eigenvalue weighted by atomic mass is 10.0. The number of nitrogens with one attached hydrogen (secondary N) is 1. The highest BCUT2D eigenvalue weighted by atomic mass is 35.5. The van der Waals surface area contributed by atoms with E-state index in [1.54, 1.807) is 54.6 Å². The average Bonchev–Trinajstić information content (AvgIpc) is 3.06. The van der Waals surface area contributed by atoms with Crippen molar-refractivity contribution < 1.29 is 31.2 Å². The molecular weight excluding hydrogens is 651 g/mol. The summed E-state index contributed by atoms with van der Waals surface area (Å²) in [7, 11) is -4.56. The van der Waals surface area contributed by atoms with Gasteiger partial charge in [-0.25, -0.2) is 8.42 Å². The molecule has 2 amide bonds. The molecule has 0 fully saturated rings. The summed E-state index contributed by atoms with van der Waals surface area (Å²) >= 11 is 6.49. The second kappa shape index (κ2) is 15.5. The molecule has 0 bridgehead atoms. The Balaban J connectivity index is 1.85. The van der Waals surface area contributed by atoms with Crippen LogP contribution in [0.1, 0.15) is 37.0 Å². The number of anilines is 1. The van der Waals surface area contributed by atoms with Crippen molar-refractivity contribution in [1.29, 1.82) is 0 Å². The quantitative estimate of drug-likeness (QED) is 0.163. The van der Waals surface area contributed by atoms with Crippen molar-refractivity contribution in [3.63, 3.8) is 0 Å². The first-order chi connectivity index (χ1) is 22.3. The van der Waals surface area contributed by atoms with Gasteiger partial charge in [-0.1, -0.05) is 91.3 Å². The molecule has 0 aliphatic heterocycles. The molecule has 12 heteroatoms. The van der Waals surface area contributed by atoms with Gasteiger partial charge in [-0.05, 0) is 60.9 Å². The molecule has 0 radical (unpaired) electrons. The number of sulfonamides is 1. The Hall–Kier alpha value is -4.35. The van der Waals surface area contributed by atoms with Gasteiger partial charge in [0.2, 0.25) is 11.8 Å². The predicted molar refractivity (Wildman–Crippen MR) is 176 cm³/mol. The lowest BCUT2D eigenvalue weighted by molar-refractivity contribution is -0.140. The Morgan fingerprint density at radius 3 is 2.11 bits per heavy atom. The second-order valence-electron chi connectivity index (χ2n) is 11.0. The van der Waals surface area contributed by atoms with Crippen molar-refractivity contribution >= 4 is 39.1 Å². The lowest BCUT2D eigenvalue weighted by Crippen LogP contribution is -2.54. The third-order valence-electron chi connectivity index (χ3n) is 7.64. The molecule has 7 nitrogen and oxygen atoms in total. The molecule has 0 aromatic heterocycles. The summed E-state index contributed by atoms with van der Waals surface area (Å²) < 4.78 is 69.9.